The number of carbonyl (C=O) groups is 1. The molecule has 0 radical (unpaired) electrons. The van der Waals surface area contributed by atoms with Crippen molar-refractivity contribution in [1.82, 2.24) is 5.16 Å². The molecule has 0 bridgehead atoms. The topological polar surface area (TPSA) is 101 Å². The van der Waals surface area contributed by atoms with Crippen molar-refractivity contribution in [2.45, 2.75) is 19.3 Å². The minimum atomic E-state index is -0.713. The quantitative estimate of drug-likeness (QED) is 0.657. The summed E-state index contributed by atoms with van der Waals surface area (Å²) in [5.74, 6) is 0.175. The van der Waals surface area contributed by atoms with Gasteiger partial charge in [0, 0.05) is 11.5 Å². The fourth-order valence-electron chi connectivity index (χ4n) is 0.855. The molecule has 2 amide bonds. The number of rotatable bonds is 3. The maximum Gasteiger partial charge on any atom is 0.319 e. The van der Waals surface area contributed by atoms with Crippen molar-refractivity contribution in [3.8, 4) is 0 Å². The SMILES string of the molecule is CC(C)(CO)c1cc(NC(N)=O)on1. The smallest absolute Gasteiger partial charge is 0.319 e. The van der Waals surface area contributed by atoms with Crippen LogP contribution in [0.4, 0.5) is 10.7 Å². The third-order valence-electron chi connectivity index (χ3n) is 1.85. The van der Waals surface area contributed by atoms with Crippen LogP contribution in [-0.4, -0.2) is 22.9 Å². The van der Waals surface area contributed by atoms with Gasteiger partial charge in [-0.2, -0.15) is 0 Å². The number of hydrogen-bond acceptors (Lipinski definition) is 4. The second-order valence-corrected chi connectivity index (χ2v) is 3.61. The molecule has 0 unspecified atom stereocenters. The van der Waals surface area contributed by atoms with Gasteiger partial charge in [0.05, 0.1) is 12.3 Å². The predicted molar refractivity (Wildman–Crippen MR) is 49.8 cm³/mol. The van der Waals surface area contributed by atoms with E-state index in [9.17, 15) is 4.79 Å². The normalized spacial score (nSPS) is 11.4. The molecule has 6 nitrogen and oxygen atoms in total. The molecule has 1 heterocycles. The van der Waals surface area contributed by atoms with Crippen molar-refractivity contribution < 1.29 is 14.4 Å². The Labute approximate surface area is 81.1 Å². The Bertz CT molecular complexity index is 332. The highest BCUT2D eigenvalue weighted by Crippen LogP contribution is 2.23. The Kier molecular flexibility index (Phi) is 2.76. The van der Waals surface area contributed by atoms with Crippen LogP contribution in [0.3, 0.4) is 0 Å². The van der Waals surface area contributed by atoms with E-state index in [0.29, 0.717) is 5.69 Å². The zero-order chi connectivity index (χ0) is 10.8. The lowest BCUT2D eigenvalue weighted by molar-refractivity contribution is 0.210. The van der Waals surface area contributed by atoms with Crippen molar-refractivity contribution in [2.75, 3.05) is 11.9 Å². The van der Waals surface area contributed by atoms with E-state index in [-0.39, 0.29) is 12.5 Å². The molecule has 1 rings (SSSR count). The number of urea groups is 1. The van der Waals surface area contributed by atoms with E-state index in [1.807, 2.05) is 0 Å². The molecule has 0 aliphatic heterocycles. The minimum Gasteiger partial charge on any atom is -0.395 e. The van der Waals surface area contributed by atoms with Crippen LogP contribution in [-0.2, 0) is 5.41 Å². The molecule has 4 N–H and O–H groups in total. The van der Waals surface area contributed by atoms with Gasteiger partial charge in [0.2, 0.25) is 5.88 Å². The molecule has 0 fully saturated rings. The summed E-state index contributed by atoms with van der Waals surface area (Å²) in [6, 6.07) is 0.815. The van der Waals surface area contributed by atoms with E-state index < -0.39 is 11.4 Å². The molecule has 0 aromatic carbocycles. The molecule has 0 atom stereocenters. The van der Waals surface area contributed by atoms with Gasteiger partial charge < -0.3 is 15.4 Å². The van der Waals surface area contributed by atoms with Gasteiger partial charge in [-0.15, -0.1) is 0 Å². The van der Waals surface area contributed by atoms with Gasteiger partial charge in [-0.1, -0.05) is 19.0 Å². The molecule has 78 valence electrons. The fraction of sp³-hybridized carbons (Fsp3) is 0.500. The highest BCUT2D eigenvalue weighted by Gasteiger charge is 2.24. The maximum absolute atomic E-state index is 10.5. The third kappa shape index (κ3) is 2.23. The van der Waals surface area contributed by atoms with Crippen LogP contribution in [0.1, 0.15) is 19.5 Å². The van der Waals surface area contributed by atoms with E-state index in [1.165, 1.54) is 6.07 Å². The number of nitrogens with zero attached hydrogens (tertiary/aromatic N) is 1. The molecule has 1 aromatic rings. The summed E-state index contributed by atoms with van der Waals surface area (Å²) in [6.07, 6.45) is 0. The van der Waals surface area contributed by atoms with Crippen molar-refractivity contribution in [3.63, 3.8) is 0 Å². The number of hydrogen-bond donors (Lipinski definition) is 3. The first-order valence-electron chi connectivity index (χ1n) is 4.10. The summed E-state index contributed by atoms with van der Waals surface area (Å²) in [4.78, 5) is 10.5. The number of aliphatic hydroxyl groups excluding tert-OH is 1. The van der Waals surface area contributed by atoms with Crippen LogP contribution in [0.15, 0.2) is 10.6 Å². The largest absolute Gasteiger partial charge is 0.395 e. The van der Waals surface area contributed by atoms with Gasteiger partial charge in [-0.05, 0) is 0 Å². The summed E-state index contributed by atoms with van der Waals surface area (Å²) in [5.41, 5.74) is 4.95. The number of amides is 2. The zero-order valence-corrected chi connectivity index (χ0v) is 8.07. The van der Waals surface area contributed by atoms with Gasteiger partial charge in [0.1, 0.15) is 0 Å². The lowest BCUT2D eigenvalue weighted by Gasteiger charge is -2.16. The highest BCUT2D eigenvalue weighted by atomic mass is 16.5. The lowest BCUT2D eigenvalue weighted by atomic mass is 9.91. The second-order valence-electron chi connectivity index (χ2n) is 3.61. The number of anilines is 1. The molecule has 0 aliphatic carbocycles. The van der Waals surface area contributed by atoms with Crippen molar-refractivity contribution in [3.05, 3.63) is 11.8 Å². The monoisotopic (exact) mass is 199 g/mol. The standard InChI is InChI=1S/C8H13N3O3/c1-8(2,4-12)5-3-6(14-11-5)10-7(9)13/h3,12H,4H2,1-2H3,(H3,9,10,13). The van der Waals surface area contributed by atoms with E-state index in [4.69, 9.17) is 15.4 Å². The van der Waals surface area contributed by atoms with Crippen LogP contribution in [0.25, 0.3) is 0 Å². The van der Waals surface area contributed by atoms with Crippen LogP contribution >= 0.6 is 0 Å². The van der Waals surface area contributed by atoms with Crippen molar-refractivity contribution in [2.24, 2.45) is 5.73 Å². The Hall–Kier alpha value is -1.56. The van der Waals surface area contributed by atoms with Crippen LogP contribution < -0.4 is 11.1 Å². The first-order valence-corrected chi connectivity index (χ1v) is 4.10. The minimum absolute atomic E-state index is 0.0600. The Balaban J connectivity index is 2.82. The number of nitrogens with one attached hydrogen (secondary N) is 1. The summed E-state index contributed by atoms with van der Waals surface area (Å²) in [5, 5.41) is 15.0. The first kappa shape index (κ1) is 10.5. The van der Waals surface area contributed by atoms with E-state index >= 15 is 0 Å². The van der Waals surface area contributed by atoms with E-state index in [0.717, 1.165) is 0 Å². The van der Waals surface area contributed by atoms with Crippen LogP contribution in [0.5, 0.6) is 0 Å². The Morgan fingerprint density at radius 3 is 2.93 bits per heavy atom. The molecule has 0 spiro atoms. The molecular weight excluding hydrogens is 186 g/mol. The van der Waals surface area contributed by atoms with Crippen molar-refractivity contribution in [1.29, 1.82) is 0 Å². The molecule has 0 saturated heterocycles. The average molecular weight is 199 g/mol. The Morgan fingerprint density at radius 1 is 1.79 bits per heavy atom. The van der Waals surface area contributed by atoms with Gasteiger partial charge in [0.15, 0.2) is 0 Å². The zero-order valence-electron chi connectivity index (χ0n) is 8.07. The summed E-state index contributed by atoms with van der Waals surface area (Å²) < 4.78 is 4.79. The van der Waals surface area contributed by atoms with E-state index in [2.05, 4.69) is 10.5 Å². The molecule has 1 aromatic heterocycles. The van der Waals surface area contributed by atoms with Gasteiger partial charge in [-0.3, -0.25) is 5.32 Å². The van der Waals surface area contributed by atoms with Gasteiger partial charge in [-0.25, -0.2) is 4.79 Å². The lowest BCUT2D eigenvalue weighted by Crippen LogP contribution is -2.22. The fourth-order valence-corrected chi connectivity index (χ4v) is 0.855. The number of carbonyl (C=O) groups excluding carboxylic acids is 1. The third-order valence-corrected chi connectivity index (χ3v) is 1.85. The number of primary amides is 1. The maximum atomic E-state index is 10.5. The summed E-state index contributed by atoms with van der Waals surface area (Å²) >= 11 is 0. The molecule has 6 heteroatoms. The van der Waals surface area contributed by atoms with Gasteiger partial charge in [0.25, 0.3) is 0 Å². The molecule has 0 aliphatic rings. The predicted octanol–water partition coefficient (Wildman–Crippen LogP) is 0.435. The highest BCUT2D eigenvalue weighted by molar-refractivity contribution is 5.86. The van der Waals surface area contributed by atoms with Crippen LogP contribution in [0.2, 0.25) is 0 Å². The first-order chi connectivity index (χ1) is 6.45. The number of aromatic nitrogens is 1. The number of nitrogens with two attached hydrogens (primary N) is 1. The summed E-state index contributed by atoms with van der Waals surface area (Å²) in [6.45, 7) is 3.55. The molecular formula is C8H13N3O3. The van der Waals surface area contributed by atoms with E-state index in [1.54, 1.807) is 13.8 Å². The molecule has 0 saturated carbocycles. The summed E-state index contributed by atoms with van der Waals surface area (Å²) in [7, 11) is 0. The van der Waals surface area contributed by atoms with Crippen molar-refractivity contribution >= 4 is 11.9 Å². The van der Waals surface area contributed by atoms with Gasteiger partial charge >= 0.3 is 6.03 Å². The molecule has 14 heavy (non-hydrogen) atoms. The van der Waals surface area contributed by atoms with Crippen LogP contribution in [0, 0.1) is 0 Å². The average Bonchev–Trinajstić information content (AvgIpc) is 2.52. The number of aliphatic hydroxyl groups is 1. The second kappa shape index (κ2) is 3.67. The Morgan fingerprint density at radius 2 is 2.43 bits per heavy atom.